The summed E-state index contributed by atoms with van der Waals surface area (Å²) < 4.78 is 63.0. The lowest BCUT2D eigenvalue weighted by Crippen LogP contribution is -2.12. The number of carbonyl (C=O) groups is 1. The predicted molar refractivity (Wildman–Crippen MR) is 51.9 cm³/mol. The fourth-order valence-corrected chi connectivity index (χ4v) is 1.48. The van der Waals surface area contributed by atoms with Crippen molar-refractivity contribution in [3.05, 3.63) is 34.9 Å². The highest BCUT2D eigenvalue weighted by molar-refractivity contribution is 5.66. The van der Waals surface area contributed by atoms with Crippen LogP contribution in [0, 0.1) is 11.6 Å². The number of hydrogen-bond donors (Lipinski definition) is 1. The summed E-state index contributed by atoms with van der Waals surface area (Å²) in [7, 11) is 0. The molecule has 1 aromatic rings. The molecule has 7 heteroatoms. The molecule has 0 aliphatic carbocycles. The van der Waals surface area contributed by atoms with E-state index in [1.54, 1.807) is 0 Å². The molecule has 0 fully saturated rings. The highest BCUT2D eigenvalue weighted by atomic mass is 19.4. The Bertz CT molecular complexity index is 430. The first-order chi connectivity index (χ1) is 8.21. The third-order valence-corrected chi connectivity index (χ3v) is 2.24. The third kappa shape index (κ3) is 3.68. The normalized spacial score (nSPS) is 11.6. The van der Waals surface area contributed by atoms with Crippen LogP contribution >= 0.6 is 0 Å². The molecule has 0 heterocycles. The summed E-state index contributed by atoms with van der Waals surface area (Å²) in [5.41, 5.74) is -1.93. The Balaban J connectivity index is 2.90. The number of aryl methyl sites for hydroxylation is 1. The van der Waals surface area contributed by atoms with Crippen molar-refractivity contribution in [1.82, 2.24) is 0 Å². The molecule has 0 saturated carbocycles. The van der Waals surface area contributed by atoms with Gasteiger partial charge in [0.25, 0.3) is 0 Å². The Hall–Kier alpha value is -1.66. The lowest BCUT2D eigenvalue weighted by molar-refractivity contribution is -0.142. The number of halogens is 5. The molecule has 100 valence electrons. The topological polar surface area (TPSA) is 37.3 Å². The van der Waals surface area contributed by atoms with Gasteiger partial charge in [-0.05, 0) is 30.5 Å². The molecule has 0 unspecified atom stereocenters. The first-order valence-corrected chi connectivity index (χ1v) is 4.98. The summed E-state index contributed by atoms with van der Waals surface area (Å²) in [6, 6.07) is 1.15. The molecule has 0 aliphatic rings. The lowest BCUT2D eigenvalue weighted by Gasteiger charge is -2.10. The summed E-state index contributed by atoms with van der Waals surface area (Å²) in [6.45, 7) is 0. The quantitative estimate of drug-likeness (QED) is 0.850. The number of benzene rings is 1. The van der Waals surface area contributed by atoms with Crippen LogP contribution in [0.5, 0.6) is 0 Å². The predicted octanol–water partition coefficient (Wildman–Crippen LogP) is 3.39. The molecular weight excluding hydrogens is 259 g/mol. The molecule has 1 N–H and O–H groups in total. The Kier molecular flexibility index (Phi) is 4.26. The average molecular weight is 268 g/mol. The van der Waals surface area contributed by atoms with E-state index >= 15 is 0 Å². The van der Waals surface area contributed by atoms with Gasteiger partial charge in [0.2, 0.25) is 0 Å². The van der Waals surface area contributed by atoms with Crippen molar-refractivity contribution in [3.63, 3.8) is 0 Å². The summed E-state index contributed by atoms with van der Waals surface area (Å²) in [4.78, 5) is 10.2. The summed E-state index contributed by atoms with van der Waals surface area (Å²) >= 11 is 0. The maximum absolute atomic E-state index is 13.1. The summed E-state index contributed by atoms with van der Waals surface area (Å²) in [5, 5.41) is 8.35. The van der Waals surface area contributed by atoms with Gasteiger partial charge in [-0.2, -0.15) is 13.2 Å². The molecule has 0 radical (unpaired) electrons. The molecule has 0 saturated heterocycles. The van der Waals surface area contributed by atoms with Crippen molar-refractivity contribution in [2.45, 2.75) is 25.4 Å². The van der Waals surface area contributed by atoms with Crippen LogP contribution in [-0.2, 0) is 17.4 Å². The van der Waals surface area contributed by atoms with Crippen LogP contribution in [0.3, 0.4) is 0 Å². The third-order valence-electron chi connectivity index (χ3n) is 2.24. The maximum atomic E-state index is 13.1. The summed E-state index contributed by atoms with van der Waals surface area (Å²) in [5.74, 6) is -4.46. The van der Waals surface area contributed by atoms with E-state index < -0.39 is 29.3 Å². The zero-order valence-corrected chi connectivity index (χ0v) is 9.02. The van der Waals surface area contributed by atoms with Crippen LogP contribution in [0.1, 0.15) is 24.0 Å². The van der Waals surface area contributed by atoms with Crippen LogP contribution in [0.4, 0.5) is 22.0 Å². The standard InChI is InChI=1S/C11H9F5O2/c12-7-4-6(2-1-3-9(17)18)5-8(13)10(7)11(14,15)16/h4-5H,1-3H2,(H,17,18). The van der Waals surface area contributed by atoms with Gasteiger partial charge in [-0.25, -0.2) is 8.78 Å². The van der Waals surface area contributed by atoms with E-state index in [1.165, 1.54) is 0 Å². The van der Waals surface area contributed by atoms with Crippen LogP contribution in [-0.4, -0.2) is 11.1 Å². The molecular formula is C11H9F5O2. The van der Waals surface area contributed by atoms with Crippen LogP contribution in [0.25, 0.3) is 0 Å². The van der Waals surface area contributed by atoms with Gasteiger partial charge in [0, 0.05) is 6.42 Å². The van der Waals surface area contributed by atoms with Gasteiger partial charge in [-0.15, -0.1) is 0 Å². The van der Waals surface area contributed by atoms with E-state index in [1.807, 2.05) is 0 Å². The van der Waals surface area contributed by atoms with E-state index in [4.69, 9.17) is 5.11 Å². The zero-order valence-electron chi connectivity index (χ0n) is 9.02. The van der Waals surface area contributed by atoms with Gasteiger partial charge in [-0.1, -0.05) is 0 Å². The lowest BCUT2D eigenvalue weighted by atomic mass is 10.0. The molecule has 1 aromatic carbocycles. The van der Waals surface area contributed by atoms with Gasteiger partial charge in [-0.3, -0.25) is 4.79 Å². The molecule has 0 atom stereocenters. The molecule has 2 nitrogen and oxygen atoms in total. The molecule has 0 aliphatic heterocycles. The first-order valence-electron chi connectivity index (χ1n) is 4.98. The minimum atomic E-state index is -5.09. The molecule has 0 amide bonds. The van der Waals surface area contributed by atoms with Crippen molar-refractivity contribution >= 4 is 5.97 Å². The monoisotopic (exact) mass is 268 g/mol. The van der Waals surface area contributed by atoms with Gasteiger partial charge in [0.1, 0.15) is 17.2 Å². The second-order valence-electron chi connectivity index (χ2n) is 3.68. The SMILES string of the molecule is O=C(O)CCCc1cc(F)c(C(F)(F)F)c(F)c1. The van der Waals surface area contributed by atoms with Gasteiger partial charge in [0.05, 0.1) is 0 Å². The van der Waals surface area contributed by atoms with Crippen molar-refractivity contribution in [1.29, 1.82) is 0 Å². The van der Waals surface area contributed by atoms with Gasteiger partial charge in [0.15, 0.2) is 0 Å². The average Bonchev–Trinajstić information content (AvgIpc) is 2.12. The van der Waals surface area contributed by atoms with Gasteiger partial charge < -0.3 is 5.11 Å². The highest BCUT2D eigenvalue weighted by Gasteiger charge is 2.37. The van der Waals surface area contributed by atoms with Crippen molar-refractivity contribution < 1.29 is 31.9 Å². The fraction of sp³-hybridized carbons (Fsp3) is 0.364. The number of rotatable bonds is 4. The molecule has 1 rings (SSSR count). The Morgan fingerprint density at radius 3 is 2.06 bits per heavy atom. The number of alkyl halides is 3. The van der Waals surface area contributed by atoms with E-state index in [0.717, 1.165) is 0 Å². The molecule has 0 spiro atoms. The maximum Gasteiger partial charge on any atom is 0.422 e. The van der Waals surface area contributed by atoms with Crippen molar-refractivity contribution in [3.8, 4) is 0 Å². The van der Waals surface area contributed by atoms with E-state index in [2.05, 4.69) is 0 Å². The van der Waals surface area contributed by atoms with Crippen LogP contribution in [0.15, 0.2) is 12.1 Å². The van der Waals surface area contributed by atoms with E-state index in [0.29, 0.717) is 12.1 Å². The Labute approximate surface area is 99.0 Å². The van der Waals surface area contributed by atoms with Crippen molar-refractivity contribution in [2.24, 2.45) is 0 Å². The Morgan fingerprint density at radius 2 is 1.67 bits per heavy atom. The smallest absolute Gasteiger partial charge is 0.422 e. The molecule has 0 bridgehead atoms. The molecule has 18 heavy (non-hydrogen) atoms. The van der Waals surface area contributed by atoms with E-state index in [9.17, 15) is 26.7 Å². The number of hydrogen-bond acceptors (Lipinski definition) is 1. The number of carboxylic acids is 1. The second-order valence-corrected chi connectivity index (χ2v) is 3.68. The minimum Gasteiger partial charge on any atom is -0.481 e. The van der Waals surface area contributed by atoms with Crippen LogP contribution < -0.4 is 0 Å². The number of carboxylic acid groups (broad SMARTS) is 1. The van der Waals surface area contributed by atoms with Gasteiger partial charge >= 0.3 is 12.1 Å². The highest BCUT2D eigenvalue weighted by Crippen LogP contribution is 2.34. The first kappa shape index (κ1) is 14.4. The Morgan fingerprint density at radius 1 is 1.17 bits per heavy atom. The van der Waals surface area contributed by atoms with Crippen LogP contribution in [0.2, 0.25) is 0 Å². The van der Waals surface area contributed by atoms with E-state index in [-0.39, 0.29) is 24.8 Å². The fourth-order valence-electron chi connectivity index (χ4n) is 1.48. The largest absolute Gasteiger partial charge is 0.481 e. The second kappa shape index (κ2) is 5.32. The zero-order chi connectivity index (χ0) is 13.9. The summed E-state index contributed by atoms with van der Waals surface area (Å²) in [6.07, 6.45) is -5.21. The van der Waals surface area contributed by atoms with Crippen molar-refractivity contribution in [2.75, 3.05) is 0 Å². The number of aliphatic carboxylic acids is 1. The minimum absolute atomic E-state index is 0.000694. The molecule has 0 aromatic heterocycles.